The van der Waals surface area contributed by atoms with Crippen LogP contribution >= 0.6 is 0 Å². The van der Waals surface area contributed by atoms with Crippen LogP contribution in [0.3, 0.4) is 0 Å². The molecule has 4 N–H and O–H groups in total. The zero-order valence-electron chi connectivity index (χ0n) is 7.94. The zero-order valence-corrected chi connectivity index (χ0v) is 7.94. The molecule has 1 saturated heterocycles. The third-order valence-electron chi connectivity index (χ3n) is 2.08. The average molecular weight is 222 g/mol. The Hall–Kier alpha value is -0.730. The lowest BCUT2D eigenvalue weighted by Crippen LogP contribution is -2.52. The molecule has 1 aliphatic rings. The summed E-state index contributed by atoms with van der Waals surface area (Å²) in [5.41, 5.74) is 0. The Morgan fingerprint density at radius 1 is 1.47 bits per heavy atom. The van der Waals surface area contributed by atoms with Gasteiger partial charge in [-0.2, -0.15) is 0 Å². The average Bonchev–Trinajstić information content (AvgIpc) is 2.19. The van der Waals surface area contributed by atoms with Gasteiger partial charge in [0.05, 0.1) is 19.3 Å². The molecule has 1 aliphatic heterocycles. The molecule has 0 aromatic heterocycles. The first-order valence-electron chi connectivity index (χ1n) is 4.53. The van der Waals surface area contributed by atoms with Gasteiger partial charge in [0, 0.05) is 6.42 Å². The van der Waals surface area contributed by atoms with Crippen molar-refractivity contribution in [1.29, 1.82) is 0 Å². The van der Waals surface area contributed by atoms with E-state index in [9.17, 15) is 15.0 Å². The van der Waals surface area contributed by atoms with Gasteiger partial charge in [0.15, 0.2) is 12.4 Å². The molecule has 0 radical (unpaired) electrons. The van der Waals surface area contributed by atoms with Crippen LogP contribution in [0.1, 0.15) is 6.42 Å². The molecule has 0 aromatic rings. The second kappa shape index (κ2) is 5.38. The number of rotatable bonds is 4. The number of aliphatic carboxylic acids is 1. The van der Waals surface area contributed by atoms with E-state index in [-0.39, 0.29) is 19.6 Å². The highest BCUT2D eigenvalue weighted by Gasteiger charge is 2.41. The summed E-state index contributed by atoms with van der Waals surface area (Å²) < 4.78 is 9.81. The van der Waals surface area contributed by atoms with Gasteiger partial charge in [-0.3, -0.25) is 0 Å². The second-order valence-electron chi connectivity index (χ2n) is 3.21. The Morgan fingerprint density at radius 2 is 2.13 bits per heavy atom. The SMILES string of the molecule is O=C(O)C1OC(OCCO)C[C@@H](O)C1O. The van der Waals surface area contributed by atoms with E-state index in [1.807, 2.05) is 0 Å². The maximum absolute atomic E-state index is 10.6. The fourth-order valence-corrected chi connectivity index (χ4v) is 1.33. The summed E-state index contributed by atoms with van der Waals surface area (Å²) in [6, 6.07) is 0. The number of aliphatic hydroxyl groups excluding tert-OH is 3. The van der Waals surface area contributed by atoms with Gasteiger partial charge in [-0.1, -0.05) is 0 Å². The number of hydrogen-bond acceptors (Lipinski definition) is 6. The van der Waals surface area contributed by atoms with Gasteiger partial charge in [-0.15, -0.1) is 0 Å². The number of aliphatic hydroxyl groups is 3. The fraction of sp³-hybridized carbons (Fsp3) is 0.875. The van der Waals surface area contributed by atoms with E-state index in [0.717, 1.165) is 0 Å². The van der Waals surface area contributed by atoms with Gasteiger partial charge >= 0.3 is 5.97 Å². The van der Waals surface area contributed by atoms with Gasteiger partial charge in [-0.05, 0) is 0 Å². The van der Waals surface area contributed by atoms with E-state index in [1.54, 1.807) is 0 Å². The third-order valence-corrected chi connectivity index (χ3v) is 2.08. The molecule has 0 bridgehead atoms. The van der Waals surface area contributed by atoms with Crippen LogP contribution in [0.15, 0.2) is 0 Å². The molecule has 7 nitrogen and oxygen atoms in total. The molecule has 0 saturated carbocycles. The number of hydrogen-bond donors (Lipinski definition) is 4. The van der Waals surface area contributed by atoms with Crippen molar-refractivity contribution in [1.82, 2.24) is 0 Å². The summed E-state index contributed by atoms with van der Waals surface area (Å²) >= 11 is 0. The molecule has 1 rings (SSSR count). The monoisotopic (exact) mass is 222 g/mol. The molecular formula is C8H14O7. The molecule has 7 heteroatoms. The largest absolute Gasteiger partial charge is 0.479 e. The van der Waals surface area contributed by atoms with E-state index in [2.05, 4.69) is 0 Å². The van der Waals surface area contributed by atoms with Crippen molar-refractivity contribution < 1.29 is 34.7 Å². The molecule has 1 fully saturated rings. The van der Waals surface area contributed by atoms with Crippen LogP contribution in [0.5, 0.6) is 0 Å². The first kappa shape index (κ1) is 12.3. The van der Waals surface area contributed by atoms with E-state index < -0.39 is 30.6 Å². The van der Waals surface area contributed by atoms with Gasteiger partial charge < -0.3 is 29.9 Å². The second-order valence-corrected chi connectivity index (χ2v) is 3.21. The Labute approximate surface area is 85.9 Å². The number of carbonyl (C=O) groups is 1. The molecule has 88 valence electrons. The zero-order chi connectivity index (χ0) is 11.4. The Morgan fingerprint density at radius 3 is 2.67 bits per heavy atom. The van der Waals surface area contributed by atoms with Crippen LogP contribution in [-0.2, 0) is 14.3 Å². The molecule has 1 heterocycles. The number of carboxylic acid groups (broad SMARTS) is 1. The highest BCUT2D eigenvalue weighted by Crippen LogP contribution is 2.21. The van der Waals surface area contributed by atoms with Crippen LogP contribution in [0, 0.1) is 0 Å². The maximum Gasteiger partial charge on any atom is 0.335 e. The molecule has 0 aliphatic carbocycles. The molecule has 4 atom stereocenters. The molecular weight excluding hydrogens is 208 g/mol. The standard InChI is InChI=1S/C8H14O7/c9-1-2-14-5-3-4(10)6(11)7(15-5)8(12)13/h4-7,9-11H,1-3H2,(H,12,13)/t4-,5?,6?,7?/m1/s1. The normalized spacial score (nSPS) is 36.5. The summed E-state index contributed by atoms with van der Waals surface area (Å²) in [6.45, 7) is -0.240. The third kappa shape index (κ3) is 3.11. The maximum atomic E-state index is 10.6. The van der Waals surface area contributed by atoms with Crippen molar-refractivity contribution in [2.45, 2.75) is 31.0 Å². The fourth-order valence-electron chi connectivity index (χ4n) is 1.33. The van der Waals surface area contributed by atoms with Crippen LogP contribution in [0.2, 0.25) is 0 Å². The van der Waals surface area contributed by atoms with Crippen molar-refractivity contribution >= 4 is 5.97 Å². The highest BCUT2D eigenvalue weighted by molar-refractivity contribution is 5.73. The topological polar surface area (TPSA) is 116 Å². The van der Waals surface area contributed by atoms with Gasteiger partial charge in [-0.25, -0.2) is 4.79 Å². The Bertz CT molecular complexity index is 219. The quantitative estimate of drug-likeness (QED) is 0.431. The minimum absolute atomic E-state index is 0.0141. The molecule has 0 amide bonds. The predicted octanol–water partition coefficient (Wildman–Crippen LogP) is -2.08. The lowest BCUT2D eigenvalue weighted by atomic mass is 10.0. The Kier molecular flexibility index (Phi) is 4.43. The summed E-state index contributed by atoms with van der Waals surface area (Å²) in [5, 5.41) is 35.8. The lowest BCUT2D eigenvalue weighted by Gasteiger charge is -2.34. The molecule has 3 unspecified atom stereocenters. The smallest absolute Gasteiger partial charge is 0.335 e. The Balaban J connectivity index is 2.54. The van der Waals surface area contributed by atoms with E-state index >= 15 is 0 Å². The van der Waals surface area contributed by atoms with E-state index in [0.29, 0.717) is 0 Å². The summed E-state index contributed by atoms with van der Waals surface area (Å²) in [6.07, 6.45) is -5.11. The van der Waals surface area contributed by atoms with Crippen molar-refractivity contribution in [2.75, 3.05) is 13.2 Å². The van der Waals surface area contributed by atoms with E-state index in [1.165, 1.54) is 0 Å². The number of carboxylic acids is 1. The predicted molar refractivity (Wildman–Crippen MR) is 46.0 cm³/mol. The van der Waals surface area contributed by atoms with Crippen molar-refractivity contribution in [3.63, 3.8) is 0 Å². The summed E-state index contributed by atoms with van der Waals surface area (Å²) in [7, 11) is 0. The van der Waals surface area contributed by atoms with Crippen LogP contribution in [0.4, 0.5) is 0 Å². The van der Waals surface area contributed by atoms with Gasteiger partial charge in [0.2, 0.25) is 0 Å². The van der Waals surface area contributed by atoms with E-state index in [4.69, 9.17) is 19.7 Å². The minimum atomic E-state index is -1.50. The summed E-state index contributed by atoms with van der Waals surface area (Å²) in [5.74, 6) is -1.36. The van der Waals surface area contributed by atoms with Crippen molar-refractivity contribution in [3.8, 4) is 0 Å². The lowest BCUT2D eigenvalue weighted by molar-refractivity contribution is -0.253. The molecule has 15 heavy (non-hydrogen) atoms. The van der Waals surface area contributed by atoms with Crippen LogP contribution in [0.25, 0.3) is 0 Å². The first-order valence-corrected chi connectivity index (χ1v) is 4.53. The van der Waals surface area contributed by atoms with Crippen LogP contribution in [-0.4, -0.2) is 64.2 Å². The van der Waals surface area contributed by atoms with Gasteiger partial charge in [0.1, 0.15) is 6.10 Å². The first-order chi connectivity index (χ1) is 7.06. The minimum Gasteiger partial charge on any atom is -0.479 e. The van der Waals surface area contributed by atoms with Crippen LogP contribution < -0.4 is 0 Å². The summed E-state index contributed by atoms with van der Waals surface area (Å²) in [4.78, 5) is 10.6. The molecule has 0 aromatic carbocycles. The molecule has 0 spiro atoms. The van der Waals surface area contributed by atoms with Crippen molar-refractivity contribution in [2.24, 2.45) is 0 Å². The van der Waals surface area contributed by atoms with Crippen molar-refractivity contribution in [3.05, 3.63) is 0 Å². The number of ether oxygens (including phenoxy) is 2. The van der Waals surface area contributed by atoms with Gasteiger partial charge in [0.25, 0.3) is 0 Å². The highest BCUT2D eigenvalue weighted by atomic mass is 16.7.